The zero-order valence-corrected chi connectivity index (χ0v) is 15.0. The van der Waals surface area contributed by atoms with E-state index < -0.39 is 0 Å². The highest BCUT2D eigenvalue weighted by molar-refractivity contribution is 5.84. The number of aldehydes is 1. The quantitative estimate of drug-likeness (QED) is 0.666. The summed E-state index contributed by atoms with van der Waals surface area (Å²) < 4.78 is 0. The molecule has 124 valence electrons. The number of carbonyl (C=O) groups excluding carboxylic acids is 2. The minimum Gasteiger partial charge on any atom is -0.335 e. The summed E-state index contributed by atoms with van der Waals surface area (Å²) in [6, 6.07) is -0.327. The van der Waals surface area contributed by atoms with Crippen molar-refractivity contribution in [2.24, 2.45) is 17.8 Å². The van der Waals surface area contributed by atoms with Gasteiger partial charge in [0.15, 0.2) is 0 Å². The maximum absolute atomic E-state index is 12.7. The summed E-state index contributed by atoms with van der Waals surface area (Å²) >= 11 is 0. The highest BCUT2D eigenvalue weighted by atomic mass is 16.2. The molecule has 1 amide bonds. The van der Waals surface area contributed by atoms with E-state index in [1.54, 1.807) is 11.9 Å². The van der Waals surface area contributed by atoms with Crippen LogP contribution in [0.3, 0.4) is 0 Å². The molecule has 0 aromatic heterocycles. The molecule has 0 spiro atoms. The second-order valence-corrected chi connectivity index (χ2v) is 7.20. The Kier molecular flexibility index (Phi) is 8.79. The van der Waals surface area contributed by atoms with E-state index >= 15 is 0 Å². The van der Waals surface area contributed by atoms with Crippen molar-refractivity contribution in [1.29, 1.82) is 0 Å². The topological polar surface area (TPSA) is 49.4 Å². The van der Waals surface area contributed by atoms with Gasteiger partial charge < -0.3 is 15.0 Å². The molecule has 0 aliphatic heterocycles. The SMILES string of the molecule is CC(C)C[C@@H](C=O)N(C)C(=O)[C@@H](NC(C)C(C)C)C(C)C. The largest absolute Gasteiger partial charge is 0.335 e. The van der Waals surface area contributed by atoms with Gasteiger partial charge in [-0.3, -0.25) is 4.79 Å². The first-order chi connectivity index (χ1) is 9.61. The summed E-state index contributed by atoms with van der Waals surface area (Å²) in [5.41, 5.74) is 0. The van der Waals surface area contributed by atoms with Crippen LogP contribution >= 0.6 is 0 Å². The van der Waals surface area contributed by atoms with E-state index in [2.05, 4.69) is 39.9 Å². The molecule has 21 heavy (non-hydrogen) atoms. The van der Waals surface area contributed by atoms with Gasteiger partial charge in [0, 0.05) is 13.1 Å². The molecule has 4 nitrogen and oxygen atoms in total. The molecule has 0 heterocycles. The van der Waals surface area contributed by atoms with E-state index in [1.165, 1.54) is 0 Å². The van der Waals surface area contributed by atoms with Crippen molar-refractivity contribution in [2.75, 3.05) is 7.05 Å². The summed E-state index contributed by atoms with van der Waals surface area (Å²) in [6.07, 6.45) is 1.59. The van der Waals surface area contributed by atoms with Crippen molar-refractivity contribution in [1.82, 2.24) is 10.2 Å². The highest BCUT2D eigenvalue weighted by Gasteiger charge is 2.30. The van der Waals surface area contributed by atoms with Crippen LogP contribution < -0.4 is 5.32 Å². The lowest BCUT2D eigenvalue weighted by Crippen LogP contribution is -2.54. The van der Waals surface area contributed by atoms with Crippen LogP contribution in [-0.4, -0.2) is 42.3 Å². The van der Waals surface area contributed by atoms with E-state index in [4.69, 9.17) is 0 Å². The number of amides is 1. The van der Waals surface area contributed by atoms with Gasteiger partial charge in [0.05, 0.1) is 12.1 Å². The number of hydrogen-bond donors (Lipinski definition) is 1. The summed E-state index contributed by atoms with van der Waals surface area (Å²) in [6.45, 7) is 14.6. The summed E-state index contributed by atoms with van der Waals surface area (Å²) in [5, 5.41) is 3.42. The third kappa shape index (κ3) is 6.60. The summed E-state index contributed by atoms with van der Waals surface area (Å²) in [5.74, 6) is 1.04. The smallest absolute Gasteiger partial charge is 0.240 e. The minimum absolute atomic E-state index is 0.00949. The summed E-state index contributed by atoms with van der Waals surface area (Å²) in [7, 11) is 1.74. The molecule has 0 rings (SSSR count). The van der Waals surface area contributed by atoms with Crippen molar-refractivity contribution in [3.05, 3.63) is 0 Å². The van der Waals surface area contributed by atoms with Gasteiger partial charge in [0.1, 0.15) is 6.29 Å². The lowest BCUT2D eigenvalue weighted by Gasteiger charge is -2.33. The first-order valence-corrected chi connectivity index (χ1v) is 8.09. The molecular formula is C17H34N2O2. The van der Waals surface area contributed by atoms with E-state index in [0.29, 0.717) is 18.3 Å². The van der Waals surface area contributed by atoms with Crippen molar-refractivity contribution in [3.63, 3.8) is 0 Å². The van der Waals surface area contributed by atoms with E-state index in [1.807, 2.05) is 13.8 Å². The fourth-order valence-electron chi connectivity index (χ4n) is 2.20. The molecule has 0 aliphatic carbocycles. The maximum Gasteiger partial charge on any atom is 0.240 e. The molecule has 0 saturated carbocycles. The van der Waals surface area contributed by atoms with Crippen LogP contribution in [0.5, 0.6) is 0 Å². The Hall–Kier alpha value is -0.900. The normalized spacial score (nSPS) is 16.1. The average Bonchev–Trinajstić information content (AvgIpc) is 2.39. The third-order valence-electron chi connectivity index (χ3n) is 4.09. The van der Waals surface area contributed by atoms with Crippen molar-refractivity contribution < 1.29 is 9.59 Å². The van der Waals surface area contributed by atoms with Gasteiger partial charge in [-0.2, -0.15) is 0 Å². The number of carbonyl (C=O) groups is 2. The Balaban J connectivity index is 4.98. The lowest BCUT2D eigenvalue weighted by atomic mass is 9.97. The molecule has 0 radical (unpaired) electrons. The van der Waals surface area contributed by atoms with E-state index in [0.717, 1.165) is 6.29 Å². The Labute approximate surface area is 130 Å². The number of nitrogens with zero attached hydrogens (tertiary/aromatic N) is 1. The molecule has 0 aliphatic rings. The second kappa shape index (κ2) is 9.19. The molecule has 0 aromatic rings. The molecule has 0 aromatic carbocycles. The van der Waals surface area contributed by atoms with E-state index in [9.17, 15) is 9.59 Å². The van der Waals surface area contributed by atoms with Gasteiger partial charge in [-0.15, -0.1) is 0 Å². The van der Waals surface area contributed by atoms with Crippen LogP contribution in [0.4, 0.5) is 0 Å². The van der Waals surface area contributed by atoms with Crippen LogP contribution in [0.25, 0.3) is 0 Å². The Bertz CT molecular complexity index is 327. The molecule has 1 unspecified atom stereocenters. The van der Waals surface area contributed by atoms with Crippen LogP contribution in [0, 0.1) is 17.8 Å². The van der Waals surface area contributed by atoms with Crippen molar-refractivity contribution in [3.8, 4) is 0 Å². The first-order valence-electron chi connectivity index (χ1n) is 8.09. The first kappa shape index (κ1) is 20.1. The van der Waals surface area contributed by atoms with Gasteiger partial charge in [0.25, 0.3) is 0 Å². The lowest BCUT2D eigenvalue weighted by molar-refractivity contribution is -0.138. The Morgan fingerprint density at radius 3 is 1.90 bits per heavy atom. The molecular weight excluding hydrogens is 264 g/mol. The number of likely N-dealkylation sites (N-methyl/N-ethyl adjacent to an activating group) is 1. The van der Waals surface area contributed by atoms with Gasteiger partial charge in [-0.05, 0) is 31.1 Å². The fraction of sp³-hybridized carbons (Fsp3) is 0.882. The predicted octanol–water partition coefficient (Wildman–Crippen LogP) is 2.72. The number of nitrogens with one attached hydrogen (secondary N) is 1. The monoisotopic (exact) mass is 298 g/mol. The average molecular weight is 298 g/mol. The molecule has 0 fully saturated rings. The zero-order chi connectivity index (χ0) is 16.7. The van der Waals surface area contributed by atoms with Crippen molar-refractivity contribution in [2.45, 2.75) is 73.0 Å². The number of hydrogen-bond acceptors (Lipinski definition) is 3. The molecule has 3 atom stereocenters. The Morgan fingerprint density at radius 2 is 1.57 bits per heavy atom. The van der Waals surface area contributed by atoms with Crippen LogP contribution in [-0.2, 0) is 9.59 Å². The fourth-order valence-corrected chi connectivity index (χ4v) is 2.20. The second-order valence-electron chi connectivity index (χ2n) is 7.20. The zero-order valence-electron chi connectivity index (χ0n) is 15.0. The molecule has 1 N–H and O–H groups in total. The molecule has 0 bridgehead atoms. The molecule has 4 heteroatoms. The summed E-state index contributed by atoms with van der Waals surface area (Å²) in [4.78, 5) is 25.6. The van der Waals surface area contributed by atoms with Crippen LogP contribution in [0.1, 0.15) is 54.9 Å². The highest BCUT2D eigenvalue weighted by Crippen LogP contribution is 2.14. The van der Waals surface area contributed by atoms with Crippen molar-refractivity contribution >= 4 is 12.2 Å². The Morgan fingerprint density at radius 1 is 1.05 bits per heavy atom. The van der Waals surface area contributed by atoms with E-state index in [-0.39, 0.29) is 30.0 Å². The van der Waals surface area contributed by atoms with Gasteiger partial charge in [0.2, 0.25) is 5.91 Å². The molecule has 0 saturated heterocycles. The van der Waals surface area contributed by atoms with Crippen LogP contribution in [0.15, 0.2) is 0 Å². The minimum atomic E-state index is -0.338. The maximum atomic E-state index is 12.7. The standard InChI is InChI=1S/C17H34N2O2/c1-11(2)9-15(10-20)19(8)17(21)16(13(5)6)18-14(7)12(3)4/h10-16,18H,9H2,1-8H3/t14?,15-,16-/m0/s1. The van der Waals surface area contributed by atoms with Gasteiger partial charge in [-0.25, -0.2) is 0 Å². The van der Waals surface area contributed by atoms with Crippen LogP contribution in [0.2, 0.25) is 0 Å². The number of rotatable bonds is 9. The van der Waals surface area contributed by atoms with Gasteiger partial charge >= 0.3 is 0 Å². The predicted molar refractivity (Wildman–Crippen MR) is 88.1 cm³/mol. The third-order valence-corrected chi connectivity index (χ3v) is 4.09. The van der Waals surface area contributed by atoms with Gasteiger partial charge in [-0.1, -0.05) is 41.5 Å².